The van der Waals surface area contributed by atoms with Crippen molar-refractivity contribution in [2.75, 3.05) is 19.8 Å². The molecule has 11 nitrogen and oxygen atoms in total. The summed E-state index contributed by atoms with van der Waals surface area (Å²) in [6, 6.07) is -1.52. The highest BCUT2D eigenvalue weighted by molar-refractivity contribution is 7.47. The van der Waals surface area contributed by atoms with Crippen LogP contribution < -0.4 is 5.73 Å². The average Bonchev–Trinajstić information content (AvgIpc) is 2.95. The monoisotopic (exact) mass is 621 g/mol. The fourth-order valence-corrected chi connectivity index (χ4v) is 4.70. The van der Waals surface area contributed by atoms with Gasteiger partial charge in [0.25, 0.3) is 0 Å². The Morgan fingerprint density at radius 2 is 1.21 bits per heavy atom. The van der Waals surface area contributed by atoms with Crippen molar-refractivity contribution in [2.45, 2.75) is 142 Å². The Balaban J connectivity index is 4.53. The number of hydrogen-bond acceptors (Lipinski definition) is 9. The van der Waals surface area contributed by atoms with E-state index < -0.39 is 51.1 Å². The van der Waals surface area contributed by atoms with E-state index in [2.05, 4.69) is 30.5 Å². The Morgan fingerprint density at radius 3 is 1.81 bits per heavy atom. The summed E-state index contributed by atoms with van der Waals surface area (Å²) in [6.07, 6.45) is 20.4. The van der Waals surface area contributed by atoms with E-state index in [-0.39, 0.29) is 19.4 Å². The van der Waals surface area contributed by atoms with E-state index in [0.717, 1.165) is 64.2 Å². The molecular weight excluding hydrogens is 565 g/mol. The number of carbonyl (C=O) groups is 3. The highest BCUT2D eigenvalue weighted by atomic mass is 31.2. The van der Waals surface area contributed by atoms with Crippen LogP contribution in [0, 0.1) is 0 Å². The predicted octanol–water partition coefficient (Wildman–Crippen LogP) is 6.60. The second-order valence-electron chi connectivity index (χ2n) is 10.6. The number of carboxylic acids is 1. The lowest BCUT2D eigenvalue weighted by Gasteiger charge is -2.20. The van der Waals surface area contributed by atoms with Crippen LogP contribution in [-0.2, 0) is 37.5 Å². The van der Waals surface area contributed by atoms with E-state index in [1.807, 2.05) is 0 Å². The number of carboxylic acid groups (broad SMARTS) is 1. The minimum absolute atomic E-state index is 0.160. The molecule has 1 unspecified atom stereocenters. The second kappa shape index (κ2) is 26.8. The van der Waals surface area contributed by atoms with E-state index in [4.69, 9.17) is 24.8 Å². The highest BCUT2D eigenvalue weighted by Gasteiger charge is 2.28. The maximum absolute atomic E-state index is 12.4. The second-order valence-corrected chi connectivity index (χ2v) is 12.0. The van der Waals surface area contributed by atoms with Crippen LogP contribution in [0.4, 0.5) is 0 Å². The lowest BCUT2D eigenvalue weighted by Crippen LogP contribution is -2.34. The normalized spacial score (nSPS) is 14.4. The van der Waals surface area contributed by atoms with E-state index in [1.165, 1.54) is 25.7 Å². The molecule has 42 heavy (non-hydrogen) atoms. The average molecular weight is 622 g/mol. The molecule has 0 aromatic carbocycles. The first-order valence-electron chi connectivity index (χ1n) is 15.7. The van der Waals surface area contributed by atoms with Crippen molar-refractivity contribution in [3.63, 3.8) is 0 Å². The largest absolute Gasteiger partial charge is 0.480 e. The summed E-state index contributed by atoms with van der Waals surface area (Å²) in [5.74, 6) is -2.40. The predicted molar refractivity (Wildman–Crippen MR) is 162 cm³/mol. The van der Waals surface area contributed by atoms with Crippen LogP contribution in [0.3, 0.4) is 0 Å². The number of ether oxygens (including phenoxy) is 2. The Hall–Kier alpha value is -1.78. The molecule has 0 aliphatic carbocycles. The molecule has 0 amide bonds. The third kappa shape index (κ3) is 25.9. The lowest BCUT2D eigenvalue weighted by atomic mass is 10.1. The van der Waals surface area contributed by atoms with Gasteiger partial charge in [0.1, 0.15) is 12.6 Å². The number of rotatable bonds is 29. The van der Waals surface area contributed by atoms with E-state index in [1.54, 1.807) is 0 Å². The number of phosphoric acid groups is 1. The van der Waals surface area contributed by atoms with Crippen molar-refractivity contribution >= 4 is 25.7 Å². The number of nitrogens with two attached hydrogens (primary N) is 1. The molecule has 0 aromatic heterocycles. The topological polar surface area (TPSA) is 172 Å². The fourth-order valence-electron chi connectivity index (χ4n) is 3.93. The number of phosphoric ester groups is 1. The van der Waals surface area contributed by atoms with Gasteiger partial charge in [0.05, 0.1) is 13.2 Å². The Kier molecular flexibility index (Phi) is 25.7. The van der Waals surface area contributed by atoms with Crippen molar-refractivity contribution < 1.29 is 47.5 Å². The summed E-state index contributed by atoms with van der Waals surface area (Å²) in [5, 5.41) is 8.79. The van der Waals surface area contributed by atoms with Crippen molar-refractivity contribution in [2.24, 2.45) is 5.73 Å². The first-order chi connectivity index (χ1) is 20.1. The maximum Gasteiger partial charge on any atom is 0.472 e. The summed E-state index contributed by atoms with van der Waals surface area (Å²) < 4.78 is 32.2. The van der Waals surface area contributed by atoms with Crippen molar-refractivity contribution in [3.05, 3.63) is 12.2 Å². The van der Waals surface area contributed by atoms with Crippen LogP contribution in [0.1, 0.15) is 129 Å². The van der Waals surface area contributed by atoms with Gasteiger partial charge >= 0.3 is 25.7 Å². The first-order valence-corrected chi connectivity index (χ1v) is 17.2. The van der Waals surface area contributed by atoms with Crippen LogP contribution in [0.5, 0.6) is 0 Å². The zero-order valence-electron chi connectivity index (χ0n) is 25.8. The summed E-state index contributed by atoms with van der Waals surface area (Å²) in [5.41, 5.74) is 5.28. The van der Waals surface area contributed by atoms with Crippen molar-refractivity contribution in [1.82, 2.24) is 0 Å². The Labute approximate surface area is 252 Å². The smallest absolute Gasteiger partial charge is 0.472 e. The van der Waals surface area contributed by atoms with E-state index in [0.29, 0.717) is 12.8 Å². The quantitative estimate of drug-likeness (QED) is 0.0355. The number of esters is 2. The summed E-state index contributed by atoms with van der Waals surface area (Å²) in [6.45, 7) is 2.65. The molecule has 0 fully saturated rings. The molecular formula is C30H56NO10P. The zero-order valence-corrected chi connectivity index (χ0v) is 26.7. The number of aliphatic carboxylic acids is 1. The molecule has 0 spiro atoms. The summed E-state index contributed by atoms with van der Waals surface area (Å²) >= 11 is 0. The molecule has 4 N–H and O–H groups in total. The van der Waals surface area contributed by atoms with Gasteiger partial charge in [-0.15, -0.1) is 0 Å². The Bertz CT molecular complexity index is 792. The van der Waals surface area contributed by atoms with Crippen molar-refractivity contribution in [1.29, 1.82) is 0 Å². The zero-order chi connectivity index (χ0) is 31.5. The molecule has 0 aromatic rings. The first kappa shape index (κ1) is 40.2. The molecule has 12 heteroatoms. The summed E-state index contributed by atoms with van der Waals surface area (Å²) in [7, 11) is -4.69. The van der Waals surface area contributed by atoms with Gasteiger partial charge in [0, 0.05) is 12.8 Å². The molecule has 0 saturated carbocycles. The highest BCUT2D eigenvalue weighted by Crippen LogP contribution is 2.43. The van der Waals surface area contributed by atoms with Gasteiger partial charge in [-0.25, -0.2) is 4.57 Å². The minimum Gasteiger partial charge on any atom is -0.480 e. The SMILES string of the molecule is CCCC/C=C/CCCCCCCC(=O)OC[C@H](COP(=O)(O)OC[C@H](N)C(=O)O)OC(=O)CCCCCCCCC. The number of allylic oxidation sites excluding steroid dienone is 2. The Morgan fingerprint density at radius 1 is 0.714 bits per heavy atom. The van der Waals surface area contributed by atoms with E-state index >= 15 is 0 Å². The van der Waals surface area contributed by atoms with Crippen molar-refractivity contribution in [3.8, 4) is 0 Å². The lowest BCUT2D eigenvalue weighted by molar-refractivity contribution is -0.161. The molecule has 3 atom stereocenters. The van der Waals surface area contributed by atoms with Gasteiger partial charge < -0.3 is 25.2 Å². The minimum atomic E-state index is -4.69. The van der Waals surface area contributed by atoms with Crippen LogP contribution in [0.15, 0.2) is 12.2 Å². The molecule has 0 rings (SSSR count). The van der Waals surface area contributed by atoms with E-state index in [9.17, 15) is 23.8 Å². The summed E-state index contributed by atoms with van der Waals surface area (Å²) in [4.78, 5) is 45.3. The van der Waals surface area contributed by atoms with Gasteiger partial charge in [0.2, 0.25) is 0 Å². The maximum atomic E-state index is 12.4. The molecule has 0 saturated heterocycles. The third-order valence-corrected chi connectivity index (χ3v) is 7.46. The molecule has 0 radical (unpaired) electrons. The van der Waals surface area contributed by atoms with Crippen LogP contribution in [-0.4, -0.2) is 59.9 Å². The molecule has 0 aliphatic heterocycles. The van der Waals surface area contributed by atoms with Crippen LogP contribution >= 0.6 is 7.82 Å². The van der Waals surface area contributed by atoms with Gasteiger partial charge in [-0.1, -0.05) is 96.6 Å². The van der Waals surface area contributed by atoms with Crippen LogP contribution in [0.2, 0.25) is 0 Å². The molecule has 0 aliphatic rings. The number of unbranched alkanes of at least 4 members (excludes halogenated alkanes) is 13. The third-order valence-electron chi connectivity index (χ3n) is 6.51. The molecule has 0 bridgehead atoms. The van der Waals surface area contributed by atoms with Gasteiger partial charge in [-0.05, 0) is 32.1 Å². The van der Waals surface area contributed by atoms with Crippen LogP contribution in [0.25, 0.3) is 0 Å². The number of hydrogen-bond donors (Lipinski definition) is 3. The molecule has 246 valence electrons. The fraction of sp³-hybridized carbons (Fsp3) is 0.833. The van der Waals surface area contributed by atoms with Gasteiger partial charge in [0.15, 0.2) is 6.10 Å². The molecule has 0 heterocycles. The number of carbonyl (C=O) groups excluding carboxylic acids is 2. The van der Waals surface area contributed by atoms with Gasteiger partial charge in [-0.2, -0.15) is 0 Å². The standard InChI is InChI=1S/C30H56NO10P/c1-3-5-7-9-11-12-13-14-16-17-19-21-28(32)38-23-26(24-39-42(36,37)40-25-27(31)30(34)35)41-29(33)22-20-18-15-10-8-6-4-2/h9,11,26-27H,3-8,10,12-25,31H2,1-2H3,(H,34,35)(H,36,37)/b11-9+/t26-,27+/m1/s1. The van der Waals surface area contributed by atoms with Gasteiger partial charge in [-0.3, -0.25) is 23.4 Å².